The highest BCUT2D eigenvalue weighted by atomic mass is 79.9. The van der Waals surface area contributed by atoms with Gasteiger partial charge in [0.2, 0.25) is 0 Å². The normalized spacial score (nSPS) is 13.4. The first-order valence-corrected chi connectivity index (χ1v) is 4.37. The van der Waals surface area contributed by atoms with E-state index in [1.165, 1.54) is 6.42 Å². The topological polar surface area (TPSA) is 17.8 Å². The average molecular weight is 203 g/mol. The Morgan fingerprint density at radius 2 is 2.50 bits per heavy atom. The van der Waals surface area contributed by atoms with E-state index in [4.69, 9.17) is 0 Å². The van der Waals surface area contributed by atoms with Gasteiger partial charge in [-0.1, -0.05) is 29.3 Å². The molecule has 0 aliphatic heterocycles. The molecule has 1 unspecified atom stereocenters. The minimum atomic E-state index is 0.417. The van der Waals surface area contributed by atoms with Crippen LogP contribution in [0.4, 0.5) is 0 Å². The van der Waals surface area contributed by atoms with Crippen molar-refractivity contribution in [2.45, 2.75) is 24.7 Å². The van der Waals surface area contributed by atoms with Gasteiger partial charge in [-0.05, 0) is 6.42 Å². The van der Waals surface area contributed by atoms with Crippen molar-refractivity contribution < 1.29 is 0 Å². The second kappa shape index (κ2) is 3.76. The van der Waals surface area contributed by atoms with E-state index < -0.39 is 0 Å². The van der Waals surface area contributed by atoms with Crippen LogP contribution in [0, 0.1) is 0 Å². The van der Waals surface area contributed by atoms with Crippen molar-refractivity contribution in [2.24, 2.45) is 0 Å². The SMILES string of the molecule is CCCC(Br)n1ccnc1. The second-order valence-electron chi connectivity index (χ2n) is 2.23. The highest BCUT2D eigenvalue weighted by molar-refractivity contribution is 9.09. The Kier molecular flexibility index (Phi) is 2.93. The van der Waals surface area contributed by atoms with Crippen LogP contribution < -0.4 is 0 Å². The summed E-state index contributed by atoms with van der Waals surface area (Å²) in [7, 11) is 0. The standard InChI is InChI=1S/C7H11BrN2/c1-2-3-7(8)10-5-4-9-6-10/h4-7H,2-3H2,1H3. The van der Waals surface area contributed by atoms with Gasteiger partial charge < -0.3 is 4.57 Å². The summed E-state index contributed by atoms with van der Waals surface area (Å²) >= 11 is 3.55. The fourth-order valence-corrected chi connectivity index (χ4v) is 1.52. The van der Waals surface area contributed by atoms with E-state index in [0.717, 1.165) is 6.42 Å². The largest absolute Gasteiger partial charge is 0.324 e. The molecule has 0 saturated heterocycles. The number of alkyl halides is 1. The lowest BCUT2D eigenvalue weighted by atomic mass is 10.3. The van der Waals surface area contributed by atoms with Crippen LogP contribution in [0.2, 0.25) is 0 Å². The van der Waals surface area contributed by atoms with Crippen LogP contribution in [0.3, 0.4) is 0 Å². The van der Waals surface area contributed by atoms with Gasteiger partial charge in [0.15, 0.2) is 0 Å². The van der Waals surface area contributed by atoms with Crippen molar-refractivity contribution in [1.82, 2.24) is 9.55 Å². The van der Waals surface area contributed by atoms with Crippen LogP contribution in [0.15, 0.2) is 18.7 Å². The Morgan fingerprint density at radius 1 is 1.70 bits per heavy atom. The van der Waals surface area contributed by atoms with Gasteiger partial charge in [0.25, 0.3) is 0 Å². The van der Waals surface area contributed by atoms with Gasteiger partial charge in [-0.15, -0.1) is 0 Å². The molecule has 0 aliphatic rings. The lowest BCUT2D eigenvalue weighted by molar-refractivity contribution is 0.624. The zero-order valence-electron chi connectivity index (χ0n) is 6.00. The first-order valence-electron chi connectivity index (χ1n) is 3.46. The van der Waals surface area contributed by atoms with E-state index in [1.54, 1.807) is 6.20 Å². The fourth-order valence-electron chi connectivity index (χ4n) is 0.822. The number of aromatic nitrogens is 2. The Morgan fingerprint density at radius 3 is 3.00 bits per heavy atom. The Balaban J connectivity index is 2.50. The van der Waals surface area contributed by atoms with Crippen LogP contribution in [0.1, 0.15) is 24.7 Å². The summed E-state index contributed by atoms with van der Waals surface area (Å²) in [5.74, 6) is 0. The Hall–Kier alpha value is -0.310. The highest BCUT2D eigenvalue weighted by Crippen LogP contribution is 2.19. The third kappa shape index (κ3) is 1.84. The molecule has 1 atom stereocenters. The maximum absolute atomic E-state index is 3.96. The molecule has 0 spiro atoms. The summed E-state index contributed by atoms with van der Waals surface area (Å²) in [4.78, 5) is 4.38. The van der Waals surface area contributed by atoms with Crippen LogP contribution in [-0.4, -0.2) is 9.55 Å². The van der Waals surface area contributed by atoms with Crippen molar-refractivity contribution >= 4 is 15.9 Å². The minimum absolute atomic E-state index is 0.417. The summed E-state index contributed by atoms with van der Waals surface area (Å²) in [6, 6.07) is 0. The Labute approximate surface area is 69.4 Å². The van der Waals surface area contributed by atoms with E-state index in [2.05, 4.69) is 32.4 Å². The van der Waals surface area contributed by atoms with Gasteiger partial charge in [-0.2, -0.15) is 0 Å². The van der Waals surface area contributed by atoms with E-state index >= 15 is 0 Å². The smallest absolute Gasteiger partial charge is 0.0955 e. The van der Waals surface area contributed by atoms with Crippen molar-refractivity contribution in [3.63, 3.8) is 0 Å². The van der Waals surface area contributed by atoms with E-state index in [9.17, 15) is 0 Å². The van der Waals surface area contributed by atoms with Gasteiger partial charge >= 0.3 is 0 Å². The number of imidazole rings is 1. The second-order valence-corrected chi connectivity index (χ2v) is 3.29. The van der Waals surface area contributed by atoms with Crippen LogP contribution >= 0.6 is 15.9 Å². The van der Waals surface area contributed by atoms with Crippen LogP contribution in [0.5, 0.6) is 0 Å². The zero-order chi connectivity index (χ0) is 7.40. The van der Waals surface area contributed by atoms with E-state index in [1.807, 2.05) is 12.5 Å². The molecular weight excluding hydrogens is 192 g/mol. The molecule has 1 heterocycles. The maximum Gasteiger partial charge on any atom is 0.0955 e. The van der Waals surface area contributed by atoms with Gasteiger partial charge in [-0.3, -0.25) is 0 Å². The van der Waals surface area contributed by atoms with Crippen molar-refractivity contribution in [1.29, 1.82) is 0 Å². The molecule has 56 valence electrons. The number of hydrogen-bond donors (Lipinski definition) is 0. The van der Waals surface area contributed by atoms with Crippen molar-refractivity contribution in [3.8, 4) is 0 Å². The lowest BCUT2D eigenvalue weighted by Crippen LogP contribution is -1.97. The van der Waals surface area contributed by atoms with Crippen molar-refractivity contribution in [2.75, 3.05) is 0 Å². The molecule has 1 rings (SSSR count). The molecule has 0 bridgehead atoms. The molecule has 1 aromatic heterocycles. The molecule has 0 radical (unpaired) electrons. The number of nitrogens with zero attached hydrogens (tertiary/aromatic N) is 2. The molecule has 0 saturated carbocycles. The summed E-state index contributed by atoms with van der Waals surface area (Å²) in [6.07, 6.45) is 7.93. The zero-order valence-corrected chi connectivity index (χ0v) is 7.58. The highest BCUT2D eigenvalue weighted by Gasteiger charge is 2.01. The predicted octanol–water partition coefficient (Wildman–Crippen LogP) is 2.58. The fraction of sp³-hybridized carbons (Fsp3) is 0.571. The summed E-state index contributed by atoms with van der Waals surface area (Å²) < 4.78 is 2.06. The molecule has 3 heteroatoms. The first kappa shape index (κ1) is 7.79. The molecular formula is C7H11BrN2. The van der Waals surface area contributed by atoms with Gasteiger partial charge in [0.05, 0.1) is 11.3 Å². The van der Waals surface area contributed by atoms with Crippen LogP contribution in [-0.2, 0) is 0 Å². The minimum Gasteiger partial charge on any atom is -0.324 e. The molecule has 10 heavy (non-hydrogen) atoms. The summed E-state index contributed by atoms with van der Waals surface area (Å²) in [6.45, 7) is 2.17. The molecule has 0 aliphatic carbocycles. The predicted molar refractivity (Wildman–Crippen MR) is 45.1 cm³/mol. The van der Waals surface area contributed by atoms with Gasteiger partial charge in [0.1, 0.15) is 0 Å². The quantitative estimate of drug-likeness (QED) is 0.690. The monoisotopic (exact) mass is 202 g/mol. The molecule has 2 nitrogen and oxygen atoms in total. The van der Waals surface area contributed by atoms with Crippen molar-refractivity contribution in [3.05, 3.63) is 18.7 Å². The molecule has 0 N–H and O–H groups in total. The summed E-state index contributed by atoms with van der Waals surface area (Å²) in [5.41, 5.74) is 0. The number of halogens is 1. The maximum atomic E-state index is 3.96. The van der Waals surface area contributed by atoms with Crippen LogP contribution in [0.25, 0.3) is 0 Å². The average Bonchev–Trinajstić information content (AvgIpc) is 2.38. The molecule has 0 amide bonds. The number of hydrogen-bond acceptors (Lipinski definition) is 1. The van der Waals surface area contributed by atoms with Gasteiger partial charge in [-0.25, -0.2) is 4.98 Å². The first-order chi connectivity index (χ1) is 4.84. The molecule has 0 fully saturated rings. The van der Waals surface area contributed by atoms with E-state index in [-0.39, 0.29) is 0 Å². The Bertz CT molecular complexity index is 172. The number of rotatable bonds is 3. The third-order valence-electron chi connectivity index (χ3n) is 1.38. The van der Waals surface area contributed by atoms with E-state index in [0.29, 0.717) is 4.95 Å². The van der Waals surface area contributed by atoms with Gasteiger partial charge in [0, 0.05) is 12.4 Å². The molecule has 0 aromatic carbocycles. The third-order valence-corrected chi connectivity index (χ3v) is 2.31. The molecule has 1 aromatic rings. The summed E-state index contributed by atoms with van der Waals surface area (Å²) in [5, 5.41) is 0. The lowest BCUT2D eigenvalue weighted by Gasteiger charge is -2.08.